The molecular weight excluding hydrogens is 314 g/mol. The highest BCUT2D eigenvalue weighted by molar-refractivity contribution is 5.78. The number of aliphatic carboxylic acids is 1. The van der Waals surface area contributed by atoms with Crippen LogP contribution in [0.3, 0.4) is 0 Å². The Hall–Kier alpha value is -1.55. The monoisotopic (exact) mass is 343 g/mol. The summed E-state index contributed by atoms with van der Waals surface area (Å²) in [5, 5.41) is 14.8. The topological polar surface area (TPSA) is 105 Å². The van der Waals surface area contributed by atoms with Gasteiger partial charge in [-0.2, -0.15) is 0 Å². The minimum atomic E-state index is -0.868. The molecule has 1 fully saturated rings. The van der Waals surface area contributed by atoms with Gasteiger partial charge < -0.3 is 20.5 Å². The molecule has 1 aliphatic rings. The number of carbonyl (C=O) groups excluding carboxylic acids is 2. The van der Waals surface area contributed by atoms with E-state index in [9.17, 15) is 14.4 Å². The highest BCUT2D eigenvalue weighted by Gasteiger charge is 2.19. The molecule has 24 heavy (non-hydrogen) atoms. The molecule has 0 bridgehead atoms. The van der Waals surface area contributed by atoms with Crippen molar-refractivity contribution in [3.05, 3.63) is 0 Å². The molecule has 0 saturated carbocycles. The number of hydrogen-bond donors (Lipinski definition) is 3. The van der Waals surface area contributed by atoms with Gasteiger partial charge in [-0.05, 0) is 7.05 Å². The lowest BCUT2D eigenvalue weighted by atomic mass is 10.4. The number of rotatable bonds is 9. The summed E-state index contributed by atoms with van der Waals surface area (Å²) in [4.78, 5) is 39.6. The summed E-state index contributed by atoms with van der Waals surface area (Å²) in [6.45, 7) is 5.68. The van der Waals surface area contributed by atoms with Crippen molar-refractivity contribution in [2.45, 2.75) is 0 Å². The minimum absolute atomic E-state index is 0.0306. The fourth-order valence-corrected chi connectivity index (χ4v) is 2.57. The quantitative estimate of drug-likeness (QED) is 0.312. The van der Waals surface area contributed by atoms with Crippen molar-refractivity contribution >= 4 is 18.2 Å². The van der Waals surface area contributed by atoms with Crippen LogP contribution in [0.1, 0.15) is 0 Å². The molecule has 0 spiro atoms. The summed E-state index contributed by atoms with van der Waals surface area (Å²) in [5.41, 5.74) is 0. The maximum atomic E-state index is 12.0. The summed E-state index contributed by atoms with van der Waals surface area (Å²) < 4.78 is 0. The van der Waals surface area contributed by atoms with Crippen LogP contribution in [0.15, 0.2) is 0 Å². The van der Waals surface area contributed by atoms with Gasteiger partial charge in [0.25, 0.3) is 0 Å². The third-order valence-corrected chi connectivity index (χ3v) is 3.95. The van der Waals surface area contributed by atoms with Crippen molar-refractivity contribution in [2.75, 3.05) is 79.0 Å². The number of amides is 1. The molecule has 1 heterocycles. The summed E-state index contributed by atoms with van der Waals surface area (Å²) >= 11 is 0. The van der Waals surface area contributed by atoms with Crippen LogP contribution in [0.25, 0.3) is 0 Å². The van der Waals surface area contributed by atoms with Crippen LogP contribution in [0.4, 0.5) is 0 Å². The Morgan fingerprint density at radius 2 is 1.50 bits per heavy atom. The normalized spacial score (nSPS) is 18.4. The highest BCUT2D eigenvalue weighted by atomic mass is 16.4. The first-order valence-corrected chi connectivity index (χ1v) is 8.29. The van der Waals surface area contributed by atoms with Gasteiger partial charge >= 0.3 is 5.97 Å². The Kier molecular flexibility index (Phi) is 10.2. The van der Waals surface area contributed by atoms with Gasteiger partial charge in [-0.15, -0.1) is 0 Å². The summed E-state index contributed by atoms with van der Waals surface area (Å²) in [6, 6.07) is 0. The summed E-state index contributed by atoms with van der Waals surface area (Å²) in [6.07, 6.45) is 0.855. The van der Waals surface area contributed by atoms with E-state index in [4.69, 9.17) is 5.11 Å². The number of carboxylic acid groups (broad SMARTS) is 1. The summed E-state index contributed by atoms with van der Waals surface area (Å²) in [7, 11) is 1.83. The molecule has 1 rings (SSSR count). The van der Waals surface area contributed by atoms with E-state index < -0.39 is 5.97 Å². The lowest BCUT2D eigenvalue weighted by molar-refractivity contribution is -0.138. The molecule has 0 aromatic carbocycles. The van der Waals surface area contributed by atoms with E-state index in [0.717, 1.165) is 6.29 Å². The third kappa shape index (κ3) is 8.92. The van der Waals surface area contributed by atoms with Crippen molar-refractivity contribution in [1.29, 1.82) is 0 Å². The van der Waals surface area contributed by atoms with Crippen LogP contribution in [-0.4, -0.2) is 117 Å². The second-order valence-corrected chi connectivity index (χ2v) is 5.87. The van der Waals surface area contributed by atoms with Crippen molar-refractivity contribution < 1.29 is 19.5 Å². The number of aldehydes is 1. The molecule has 0 aromatic heterocycles. The Balaban J connectivity index is 2.58. The zero-order chi connectivity index (χ0) is 17.8. The van der Waals surface area contributed by atoms with Crippen LogP contribution >= 0.6 is 0 Å². The fourth-order valence-electron chi connectivity index (χ4n) is 2.57. The Morgan fingerprint density at radius 3 is 2.00 bits per heavy atom. The largest absolute Gasteiger partial charge is 0.480 e. The Labute approximate surface area is 143 Å². The van der Waals surface area contributed by atoms with E-state index in [0.29, 0.717) is 58.9 Å². The maximum absolute atomic E-state index is 12.0. The molecule has 0 aromatic rings. The van der Waals surface area contributed by atoms with Crippen LogP contribution < -0.4 is 10.6 Å². The van der Waals surface area contributed by atoms with E-state index >= 15 is 0 Å². The first-order valence-electron chi connectivity index (χ1n) is 8.29. The van der Waals surface area contributed by atoms with Crippen LogP contribution in [0, 0.1) is 0 Å². The van der Waals surface area contributed by atoms with E-state index in [1.807, 2.05) is 21.7 Å². The molecule has 9 nitrogen and oxygen atoms in total. The Bertz CT molecular complexity index is 407. The molecule has 1 saturated heterocycles. The van der Waals surface area contributed by atoms with Crippen molar-refractivity contribution in [1.82, 2.24) is 25.3 Å². The number of nitrogens with one attached hydrogen (secondary N) is 2. The molecule has 9 heteroatoms. The summed E-state index contributed by atoms with van der Waals surface area (Å²) in [5.74, 6) is -0.913. The lowest BCUT2D eigenvalue weighted by Gasteiger charge is -2.24. The molecule has 0 radical (unpaired) electrons. The van der Waals surface area contributed by atoms with Crippen LogP contribution in [-0.2, 0) is 14.4 Å². The second kappa shape index (κ2) is 11.9. The molecule has 138 valence electrons. The van der Waals surface area contributed by atoms with Crippen LogP contribution in [0.5, 0.6) is 0 Å². The predicted octanol–water partition coefficient (Wildman–Crippen LogP) is -2.47. The number of hydrogen-bond acceptors (Lipinski definition) is 7. The smallest absolute Gasteiger partial charge is 0.317 e. The zero-order valence-electron chi connectivity index (χ0n) is 14.4. The molecular formula is C15H29N5O4. The number of carboxylic acids is 1. The first-order chi connectivity index (χ1) is 11.5. The van der Waals surface area contributed by atoms with Gasteiger partial charge in [0.1, 0.15) is 6.29 Å². The third-order valence-electron chi connectivity index (χ3n) is 3.95. The maximum Gasteiger partial charge on any atom is 0.317 e. The molecule has 0 aliphatic carbocycles. The van der Waals surface area contributed by atoms with Gasteiger partial charge in [0.15, 0.2) is 0 Å². The van der Waals surface area contributed by atoms with Crippen LogP contribution in [0.2, 0.25) is 0 Å². The van der Waals surface area contributed by atoms with Gasteiger partial charge in [-0.25, -0.2) is 0 Å². The van der Waals surface area contributed by atoms with Gasteiger partial charge in [0.05, 0.1) is 19.6 Å². The number of carbonyl (C=O) groups is 3. The van der Waals surface area contributed by atoms with Gasteiger partial charge in [0.2, 0.25) is 5.91 Å². The molecule has 0 atom stereocenters. The van der Waals surface area contributed by atoms with Gasteiger partial charge in [0, 0.05) is 52.4 Å². The average Bonchev–Trinajstić information content (AvgIpc) is 2.61. The van der Waals surface area contributed by atoms with E-state index in [1.54, 1.807) is 0 Å². The standard InChI is InChI=1S/C15H29N5O4/c1-16-2-3-17-14(22)12-19-6-4-18(10-11-21)5-7-20(9-8-19)13-15(23)24/h11,16H,2-10,12-13H2,1H3,(H,17,22)(H,23,24). The zero-order valence-corrected chi connectivity index (χ0v) is 14.4. The van der Waals surface area contributed by atoms with E-state index in [2.05, 4.69) is 10.6 Å². The van der Waals surface area contributed by atoms with E-state index in [1.165, 1.54) is 0 Å². The highest BCUT2D eigenvalue weighted by Crippen LogP contribution is 2.00. The van der Waals surface area contributed by atoms with Crippen molar-refractivity contribution in [2.24, 2.45) is 0 Å². The number of likely N-dealkylation sites (N-methyl/N-ethyl adjacent to an activating group) is 1. The van der Waals surface area contributed by atoms with E-state index in [-0.39, 0.29) is 19.0 Å². The Morgan fingerprint density at radius 1 is 0.958 bits per heavy atom. The van der Waals surface area contributed by atoms with Gasteiger partial charge in [-0.3, -0.25) is 24.3 Å². The van der Waals surface area contributed by atoms with Crippen molar-refractivity contribution in [3.8, 4) is 0 Å². The minimum Gasteiger partial charge on any atom is -0.480 e. The molecule has 1 amide bonds. The average molecular weight is 343 g/mol. The second-order valence-electron chi connectivity index (χ2n) is 5.87. The molecule has 0 unspecified atom stereocenters. The number of nitrogens with zero attached hydrogens (tertiary/aromatic N) is 3. The SMILES string of the molecule is CNCCNC(=O)CN1CCN(CC=O)CCN(CC(=O)O)CC1. The first kappa shape index (κ1) is 20.5. The molecule has 1 aliphatic heterocycles. The predicted molar refractivity (Wildman–Crippen MR) is 90.0 cm³/mol. The fraction of sp³-hybridized carbons (Fsp3) is 0.800. The van der Waals surface area contributed by atoms with Crippen molar-refractivity contribution in [3.63, 3.8) is 0 Å². The lowest BCUT2D eigenvalue weighted by Crippen LogP contribution is -2.44. The molecule has 3 N–H and O–H groups in total. The van der Waals surface area contributed by atoms with Gasteiger partial charge in [-0.1, -0.05) is 0 Å².